The fourth-order valence-corrected chi connectivity index (χ4v) is 3.93. The largest absolute Gasteiger partial charge is 0.336 e. The van der Waals surface area contributed by atoms with E-state index in [0.717, 1.165) is 16.4 Å². The number of nitrogens with two attached hydrogens (primary N) is 1. The molecule has 118 valence electrons. The number of hydrogen-bond acceptors (Lipinski definition) is 5. The van der Waals surface area contributed by atoms with E-state index in [4.69, 9.17) is 17.4 Å². The van der Waals surface area contributed by atoms with Crippen molar-refractivity contribution in [3.8, 4) is 0 Å². The average molecular weight is 363 g/mol. The van der Waals surface area contributed by atoms with Crippen LogP contribution in [0.15, 0.2) is 64.6 Å². The van der Waals surface area contributed by atoms with Crippen molar-refractivity contribution in [1.29, 1.82) is 0 Å². The normalized spacial score (nSPS) is 10.8. The third-order valence-electron chi connectivity index (χ3n) is 3.16. The summed E-state index contributed by atoms with van der Waals surface area (Å²) in [4.78, 5) is 1.18. The zero-order valence-corrected chi connectivity index (χ0v) is 14.6. The molecule has 7 heteroatoms. The first-order chi connectivity index (χ1) is 11.2. The Balaban J connectivity index is 1.62. The van der Waals surface area contributed by atoms with Crippen LogP contribution in [0.2, 0.25) is 5.02 Å². The second-order valence-corrected chi connectivity index (χ2v) is 7.15. The first-order valence-electron chi connectivity index (χ1n) is 6.97. The molecule has 0 saturated carbocycles. The highest BCUT2D eigenvalue weighted by molar-refractivity contribution is 7.98. The van der Waals surface area contributed by atoms with Crippen LogP contribution in [0.1, 0.15) is 11.4 Å². The summed E-state index contributed by atoms with van der Waals surface area (Å²) in [6.45, 7) is 0. The van der Waals surface area contributed by atoms with Crippen molar-refractivity contribution < 1.29 is 0 Å². The number of benzene rings is 2. The van der Waals surface area contributed by atoms with Crippen molar-refractivity contribution in [2.75, 3.05) is 5.84 Å². The smallest absolute Gasteiger partial charge is 0.210 e. The molecule has 0 aliphatic carbocycles. The average Bonchev–Trinajstić information content (AvgIpc) is 2.93. The molecule has 3 aromatic rings. The third-order valence-corrected chi connectivity index (χ3v) is 5.53. The minimum absolute atomic E-state index is 0.681. The van der Waals surface area contributed by atoms with Crippen LogP contribution in [-0.4, -0.2) is 14.9 Å². The van der Waals surface area contributed by atoms with Gasteiger partial charge in [0.05, 0.1) is 5.75 Å². The van der Waals surface area contributed by atoms with E-state index in [1.807, 2.05) is 42.5 Å². The maximum absolute atomic E-state index is 6.16. The Hall–Kier alpha value is -1.63. The SMILES string of the molecule is Nn1c(CSc2ccccc2)nnc1SCc1ccccc1Cl. The lowest BCUT2D eigenvalue weighted by Gasteiger charge is -2.05. The molecule has 0 saturated heterocycles. The Kier molecular flexibility index (Phi) is 5.48. The van der Waals surface area contributed by atoms with Gasteiger partial charge >= 0.3 is 0 Å². The molecule has 23 heavy (non-hydrogen) atoms. The number of halogens is 1. The summed E-state index contributed by atoms with van der Waals surface area (Å²) >= 11 is 9.37. The fraction of sp³-hybridized carbons (Fsp3) is 0.125. The number of hydrogen-bond donors (Lipinski definition) is 1. The summed E-state index contributed by atoms with van der Waals surface area (Å²) in [7, 11) is 0. The molecule has 0 aliphatic rings. The van der Waals surface area contributed by atoms with Gasteiger partial charge in [-0.1, -0.05) is 59.8 Å². The molecule has 0 unspecified atom stereocenters. The zero-order valence-electron chi connectivity index (χ0n) is 12.2. The van der Waals surface area contributed by atoms with Crippen LogP contribution in [0.3, 0.4) is 0 Å². The Morgan fingerprint density at radius 1 is 0.913 bits per heavy atom. The molecule has 1 heterocycles. The summed E-state index contributed by atoms with van der Waals surface area (Å²) in [5, 5.41) is 9.79. The van der Waals surface area contributed by atoms with E-state index in [1.54, 1.807) is 16.4 Å². The molecular formula is C16H15ClN4S2. The number of nitrogen functional groups attached to an aromatic ring is 1. The van der Waals surface area contributed by atoms with Crippen LogP contribution in [0.4, 0.5) is 0 Å². The Bertz CT molecular complexity index is 777. The predicted molar refractivity (Wildman–Crippen MR) is 97.2 cm³/mol. The van der Waals surface area contributed by atoms with E-state index < -0.39 is 0 Å². The van der Waals surface area contributed by atoms with E-state index in [9.17, 15) is 0 Å². The lowest BCUT2D eigenvalue weighted by atomic mass is 10.2. The molecule has 4 nitrogen and oxygen atoms in total. The molecule has 2 aromatic carbocycles. The number of rotatable bonds is 6. The fourth-order valence-electron chi connectivity index (χ4n) is 1.93. The summed E-state index contributed by atoms with van der Waals surface area (Å²) in [5.41, 5.74) is 1.06. The number of thioether (sulfide) groups is 2. The lowest BCUT2D eigenvalue weighted by molar-refractivity contribution is 0.821. The second-order valence-electron chi connectivity index (χ2n) is 4.75. The van der Waals surface area contributed by atoms with Gasteiger partial charge in [0.15, 0.2) is 5.82 Å². The van der Waals surface area contributed by atoms with Gasteiger partial charge in [-0.3, -0.25) is 0 Å². The van der Waals surface area contributed by atoms with Crippen LogP contribution in [0.5, 0.6) is 0 Å². The van der Waals surface area contributed by atoms with E-state index >= 15 is 0 Å². The van der Waals surface area contributed by atoms with Gasteiger partial charge in [-0.15, -0.1) is 22.0 Å². The first kappa shape index (κ1) is 16.2. The highest BCUT2D eigenvalue weighted by Crippen LogP contribution is 2.26. The maximum Gasteiger partial charge on any atom is 0.210 e. The molecule has 2 N–H and O–H groups in total. The summed E-state index contributed by atoms with van der Waals surface area (Å²) in [5.74, 6) is 8.23. The lowest BCUT2D eigenvalue weighted by Crippen LogP contribution is -2.13. The quantitative estimate of drug-likeness (QED) is 0.525. The third kappa shape index (κ3) is 4.22. The zero-order chi connectivity index (χ0) is 16.1. The monoisotopic (exact) mass is 362 g/mol. The van der Waals surface area contributed by atoms with E-state index in [-0.39, 0.29) is 0 Å². The van der Waals surface area contributed by atoms with Gasteiger partial charge in [0.25, 0.3) is 0 Å². The van der Waals surface area contributed by atoms with Crippen LogP contribution in [-0.2, 0) is 11.5 Å². The first-order valence-corrected chi connectivity index (χ1v) is 9.32. The number of nitrogens with zero attached hydrogens (tertiary/aromatic N) is 3. The molecule has 0 radical (unpaired) electrons. The van der Waals surface area contributed by atoms with Crippen LogP contribution >= 0.6 is 35.1 Å². The van der Waals surface area contributed by atoms with Gasteiger partial charge in [0, 0.05) is 15.7 Å². The molecular weight excluding hydrogens is 348 g/mol. The molecule has 0 bridgehead atoms. The Morgan fingerprint density at radius 2 is 1.65 bits per heavy atom. The molecule has 0 atom stereocenters. The van der Waals surface area contributed by atoms with E-state index in [0.29, 0.717) is 16.7 Å². The van der Waals surface area contributed by atoms with Crippen molar-refractivity contribution in [2.24, 2.45) is 0 Å². The van der Waals surface area contributed by atoms with E-state index in [1.165, 1.54) is 16.7 Å². The van der Waals surface area contributed by atoms with Gasteiger partial charge < -0.3 is 5.84 Å². The summed E-state index contributed by atoms with van der Waals surface area (Å²) < 4.78 is 1.55. The van der Waals surface area contributed by atoms with Gasteiger partial charge in [-0.25, -0.2) is 4.68 Å². The molecule has 1 aromatic heterocycles. The van der Waals surface area contributed by atoms with Crippen LogP contribution in [0.25, 0.3) is 0 Å². The molecule has 3 rings (SSSR count). The Labute approximate surface area is 148 Å². The standard InChI is InChI=1S/C16H15ClN4S2/c17-14-9-5-4-6-12(14)10-23-16-20-19-15(21(16)18)11-22-13-7-2-1-3-8-13/h1-9H,10-11,18H2. The minimum atomic E-state index is 0.681. The van der Waals surface area contributed by atoms with Gasteiger partial charge in [0.1, 0.15) is 0 Å². The Morgan fingerprint density at radius 3 is 2.43 bits per heavy atom. The van der Waals surface area contributed by atoms with Crippen molar-refractivity contribution in [3.05, 3.63) is 71.0 Å². The van der Waals surface area contributed by atoms with Crippen molar-refractivity contribution in [3.63, 3.8) is 0 Å². The van der Waals surface area contributed by atoms with Gasteiger partial charge in [-0.2, -0.15) is 0 Å². The highest BCUT2D eigenvalue weighted by atomic mass is 35.5. The van der Waals surface area contributed by atoms with Crippen molar-refractivity contribution in [2.45, 2.75) is 21.6 Å². The topological polar surface area (TPSA) is 56.7 Å². The van der Waals surface area contributed by atoms with Gasteiger partial charge in [-0.05, 0) is 23.8 Å². The molecule has 0 spiro atoms. The predicted octanol–water partition coefficient (Wildman–Crippen LogP) is 4.23. The molecule has 0 amide bonds. The van der Waals surface area contributed by atoms with Gasteiger partial charge in [0.2, 0.25) is 5.16 Å². The van der Waals surface area contributed by atoms with Crippen molar-refractivity contribution in [1.82, 2.24) is 14.9 Å². The van der Waals surface area contributed by atoms with Crippen LogP contribution in [0, 0.1) is 0 Å². The second kappa shape index (κ2) is 7.77. The number of aromatic nitrogens is 3. The molecule has 0 aliphatic heterocycles. The van der Waals surface area contributed by atoms with E-state index in [2.05, 4.69) is 22.3 Å². The summed E-state index contributed by atoms with van der Waals surface area (Å²) in [6, 6.07) is 17.9. The van der Waals surface area contributed by atoms with Crippen LogP contribution < -0.4 is 5.84 Å². The minimum Gasteiger partial charge on any atom is -0.336 e. The highest BCUT2D eigenvalue weighted by Gasteiger charge is 2.11. The summed E-state index contributed by atoms with van der Waals surface area (Å²) in [6.07, 6.45) is 0. The maximum atomic E-state index is 6.16. The van der Waals surface area contributed by atoms with Crippen molar-refractivity contribution >= 4 is 35.1 Å². The molecule has 0 fully saturated rings.